The molecule has 27 heavy (non-hydrogen) atoms. The highest BCUT2D eigenvalue weighted by molar-refractivity contribution is 5.69. The van der Waals surface area contributed by atoms with Crippen LogP contribution in [0.4, 0.5) is 4.79 Å². The highest BCUT2D eigenvalue weighted by Crippen LogP contribution is 2.30. The minimum atomic E-state index is -0.517. The summed E-state index contributed by atoms with van der Waals surface area (Å²) in [6.07, 6.45) is 1.44. The Morgan fingerprint density at radius 2 is 1.93 bits per heavy atom. The Balaban J connectivity index is 1.36. The van der Waals surface area contributed by atoms with Gasteiger partial charge in [0.15, 0.2) is 0 Å². The number of aliphatic hydroxyl groups is 1. The van der Waals surface area contributed by atoms with Gasteiger partial charge in [0.2, 0.25) is 0 Å². The van der Waals surface area contributed by atoms with E-state index < -0.39 is 11.7 Å². The van der Waals surface area contributed by atoms with E-state index in [1.165, 1.54) is 0 Å². The minimum absolute atomic E-state index is 0.195. The van der Waals surface area contributed by atoms with Crippen molar-refractivity contribution in [1.29, 1.82) is 0 Å². The van der Waals surface area contributed by atoms with Crippen molar-refractivity contribution in [2.45, 2.75) is 51.4 Å². The summed E-state index contributed by atoms with van der Waals surface area (Å²) < 4.78 is 11.2. The van der Waals surface area contributed by atoms with Gasteiger partial charge in [0, 0.05) is 38.1 Å². The van der Waals surface area contributed by atoms with Gasteiger partial charge in [-0.1, -0.05) is 18.2 Å². The van der Waals surface area contributed by atoms with Gasteiger partial charge in [-0.15, -0.1) is 0 Å². The molecule has 1 unspecified atom stereocenters. The number of ether oxygens (including phenoxy) is 2. The summed E-state index contributed by atoms with van der Waals surface area (Å²) in [7, 11) is 0. The van der Waals surface area contributed by atoms with E-state index in [9.17, 15) is 9.90 Å². The zero-order chi connectivity index (χ0) is 19.4. The molecule has 1 amide bonds. The van der Waals surface area contributed by atoms with Crippen LogP contribution in [-0.4, -0.2) is 71.5 Å². The lowest BCUT2D eigenvalue weighted by Crippen LogP contribution is -2.55. The third-order valence-corrected chi connectivity index (χ3v) is 4.76. The number of rotatable bonds is 8. The molecular weight excluding hydrogens is 344 g/mol. The Morgan fingerprint density at radius 1 is 1.26 bits per heavy atom. The van der Waals surface area contributed by atoms with Crippen molar-refractivity contribution in [3.8, 4) is 5.75 Å². The summed E-state index contributed by atoms with van der Waals surface area (Å²) in [4.78, 5) is 16.5. The maximum Gasteiger partial charge on any atom is 0.410 e. The molecule has 2 fully saturated rings. The van der Waals surface area contributed by atoms with E-state index in [1.807, 2.05) is 56.0 Å². The van der Waals surface area contributed by atoms with Crippen LogP contribution in [0.2, 0.25) is 0 Å². The lowest BCUT2D eigenvalue weighted by Gasteiger charge is -2.42. The fraction of sp³-hybridized carbons (Fsp3) is 0.667. The quantitative estimate of drug-likeness (QED) is 0.756. The van der Waals surface area contributed by atoms with E-state index >= 15 is 0 Å². The molecule has 2 aliphatic rings. The van der Waals surface area contributed by atoms with Crippen molar-refractivity contribution in [2.75, 3.05) is 32.8 Å². The lowest BCUT2D eigenvalue weighted by atomic mass is 9.99. The Morgan fingerprint density at radius 3 is 2.52 bits per heavy atom. The number of carbonyl (C=O) groups is 1. The molecule has 0 aromatic heterocycles. The number of nitrogens with zero attached hydrogens (tertiary/aromatic N) is 2. The van der Waals surface area contributed by atoms with Crippen molar-refractivity contribution in [1.82, 2.24) is 9.80 Å². The van der Waals surface area contributed by atoms with Crippen LogP contribution in [0.3, 0.4) is 0 Å². The highest BCUT2D eigenvalue weighted by atomic mass is 16.6. The summed E-state index contributed by atoms with van der Waals surface area (Å²) >= 11 is 0. The molecule has 0 spiro atoms. The predicted octanol–water partition coefficient (Wildman–Crippen LogP) is 2.76. The summed E-state index contributed by atoms with van der Waals surface area (Å²) in [5, 5.41) is 10.2. The first-order valence-corrected chi connectivity index (χ1v) is 9.88. The van der Waals surface area contributed by atoms with Crippen molar-refractivity contribution >= 4 is 6.09 Å². The molecule has 6 heteroatoms. The number of aliphatic hydroxyl groups excluding tert-OH is 1. The number of likely N-dealkylation sites (tertiary alicyclic amines) is 1. The molecule has 1 aliphatic carbocycles. The second-order valence-electron chi connectivity index (χ2n) is 8.73. The molecule has 1 aromatic rings. The first-order valence-electron chi connectivity index (χ1n) is 9.88. The Kier molecular flexibility index (Phi) is 6.27. The number of amides is 1. The fourth-order valence-corrected chi connectivity index (χ4v) is 3.36. The van der Waals surface area contributed by atoms with Crippen LogP contribution in [0.25, 0.3) is 0 Å². The predicted molar refractivity (Wildman–Crippen MR) is 104 cm³/mol. The van der Waals surface area contributed by atoms with Gasteiger partial charge in [-0.2, -0.15) is 0 Å². The topological polar surface area (TPSA) is 62.2 Å². The monoisotopic (exact) mass is 376 g/mol. The normalized spacial score (nSPS) is 19.3. The van der Waals surface area contributed by atoms with Crippen molar-refractivity contribution < 1.29 is 19.4 Å². The van der Waals surface area contributed by atoms with Crippen LogP contribution in [0, 0.1) is 5.92 Å². The standard InChI is InChI=1S/C21H32N2O4/c1-21(2,3)27-20(25)23(17-9-10-17)13-16-11-22(12-16)14-18(24)15-26-19-7-5-4-6-8-19/h4-8,16-18,24H,9-15H2,1-3H3. The number of hydrogen-bond acceptors (Lipinski definition) is 5. The molecule has 1 heterocycles. The van der Waals surface area contributed by atoms with Gasteiger partial charge in [0.05, 0.1) is 0 Å². The van der Waals surface area contributed by atoms with E-state index in [0.717, 1.165) is 38.2 Å². The molecule has 150 valence electrons. The van der Waals surface area contributed by atoms with Crippen LogP contribution in [0.5, 0.6) is 5.75 Å². The van der Waals surface area contributed by atoms with Crippen LogP contribution in [0.1, 0.15) is 33.6 Å². The van der Waals surface area contributed by atoms with Crippen molar-refractivity contribution in [3.05, 3.63) is 30.3 Å². The second-order valence-corrected chi connectivity index (χ2v) is 8.73. The largest absolute Gasteiger partial charge is 0.491 e. The van der Waals surface area contributed by atoms with Gasteiger partial charge in [0.25, 0.3) is 0 Å². The number of para-hydroxylation sites is 1. The molecule has 1 saturated carbocycles. The van der Waals surface area contributed by atoms with Crippen molar-refractivity contribution in [3.63, 3.8) is 0 Å². The Hall–Kier alpha value is -1.79. The molecule has 3 rings (SSSR count). The summed E-state index contributed by atoms with van der Waals surface area (Å²) in [6.45, 7) is 9.13. The van der Waals surface area contributed by atoms with E-state index in [-0.39, 0.29) is 12.7 Å². The van der Waals surface area contributed by atoms with E-state index in [0.29, 0.717) is 18.5 Å². The number of benzene rings is 1. The smallest absolute Gasteiger partial charge is 0.410 e. The Labute approximate surface area is 162 Å². The van der Waals surface area contributed by atoms with Gasteiger partial charge in [-0.05, 0) is 45.7 Å². The molecule has 0 bridgehead atoms. The maximum atomic E-state index is 12.4. The van der Waals surface area contributed by atoms with Gasteiger partial charge < -0.3 is 19.5 Å². The molecule has 1 N–H and O–H groups in total. The maximum absolute atomic E-state index is 12.4. The first-order chi connectivity index (χ1) is 12.8. The lowest BCUT2D eigenvalue weighted by molar-refractivity contribution is -0.00670. The van der Waals surface area contributed by atoms with E-state index in [1.54, 1.807) is 0 Å². The fourth-order valence-electron chi connectivity index (χ4n) is 3.36. The molecular formula is C21H32N2O4. The average molecular weight is 376 g/mol. The average Bonchev–Trinajstić information content (AvgIpc) is 3.39. The van der Waals surface area contributed by atoms with Gasteiger partial charge in [-0.25, -0.2) is 4.79 Å². The van der Waals surface area contributed by atoms with Crippen LogP contribution in [-0.2, 0) is 4.74 Å². The van der Waals surface area contributed by atoms with Gasteiger partial charge >= 0.3 is 6.09 Å². The first kappa shape index (κ1) is 20.0. The number of β-amino-alcohol motifs (C(OH)–C–C–N with tert-alkyl or cyclic N) is 1. The summed E-state index contributed by atoms with van der Waals surface area (Å²) in [5.41, 5.74) is -0.460. The molecule has 1 aliphatic heterocycles. The van der Waals surface area contributed by atoms with Gasteiger partial charge in [-0.3, -0.25) is 4.90 Å². The third kappa shape index (κ3) is 6.40. The zero-order valence-corrected chi connectivity index (χ0v) is 16.6. The third-order valence-electron chi connectivity index (χ3n) is 4.76. The number of hydrogen-bond donors (Lipinski definition) is 1. The summed E-state index contributed by atoms with van der Waals surface area (Å²) in [6, 6.07) is 9.88. The molecule has 1 aromatic carbocycles. The SMILES string of the molecule is CC(C)(C)OC(=O)N(CC1CN(CC(O)COc2ccccc2)C1)C1CC1. The zero-order valence-electron chi connectivity index (χ0n) is 16.6. The minimum Gasteiger partial charge on any atom is -0.491 e. The van der Waals surface area contributed by atoms with Crippen LogP contribution < -0.4 is 4.74 Å². The molecule has 1 saturated heterocycles. The molecule has 6 nitrogen and oxygen atoms in total. The molecule has 0 radical (unpaired) electrons. The Bertz CT molecular complexity index is 606. The van der Waals surface area contributed by atoms with Crippen LogP contribution >= 0.6 is 0 Å². The van der Waals surface area contributed by atoms with Crippen molar-refractivity contribution in [2.24, 2.45) is 5.92 Å². The van der Waals surface area contributed by atoms with E-state index in [4.69, 9.17) is 9.47 Å². The molecule has 1 atom stereocenters. The number of carbonyl (C=O) groups excluding carboxylic acids is 1. The second kappa shape index (κ2) is 8.48. The van der Waals surface area contributed by atoms with E-state index in [2.05, 4.69) is 4.90 Å². The van der Waals surface area contributed by atoms with Crippen LogP contribution in [0.15, 0.2) is 30.3 Å². The van der Waals surface area contributed by atoms with Gasteiger partial charge in [0.1, 0.15) is 24.1 Å². The summed E-state index contributed by atoms with van der Waals surface area (Å²) in [5.74, 6) is 1.22. The highest BCUT2D eigenvalue weighted by Gasteiger charge is 2.39.